The number of rotatable bonds is 46. The van der Waals surface area contributed by atoms with Crippen LogP contribution in [0.1, 0.15) is 134 Å². The number of carboxylic acid groups (broad SMARTS) is 1. The van der Waals surface area contributed by atoms with Crippen molar-refractivity contribution < 1.29 is 77.0 Å². The van der Waals surface area contributed by atoms with E-state index in [4.69, 9.17) is 28.3 Å². The van der Waals surface area contributed by atoms with Crippen LogP contribution in [0.15, 0.2) is 60.7 Å². The van der Waals surface area contributed by atoms with Crippen molar-refractivity contribution in [3.8, 4) is 0 Å². The van der Waals surface area contributed by atoms with Gasteiger partial charge in [0.1, 0.15) is 60.4 Å². The van der Waals surface area contributed by atoms with Gasteiger partial charge in [0, 0.05) is 45.3 Å². The Hall–Kier alpha value is -9.97. The molecule has 0 bridgehead atoms. The number of hydrogen-bond donors (Lipinski definition) is 18. The highest BCUT2D eigenvalue weighted by Gasteiger charge is 2.43. The molecule has 22 N–H and O–H groups in total. The van der Waals surface area contributed by atoms with E-state index in [2.05, 4.69) is 63.8 Å². The summed E-state index contributed by atoms with van der Waals surface area (Å²) in [4.78, 5) is 209. The summed E-state index contributed by atoms with van der Waals surface area (Å²) in [6.07, 6.45) is 3.24. The third kappa shape index (κ3) is 29.9. The van der Waals surface area contributed by atoms with Crippen LogP contribution in [-0.4, -0.2) is 234 Å². The fraction of sp³-hybridized carbons (Fsp3) is 0.600. The van der Waals surface area contributed by atoms with Crippen molar-refractivity contribution in [3.05, 3.63) is 71.8 Å². The number of nitrogens with two attached hydrogens (primary N) is 4. The lowest BCUT2D eigenvalue weighted by atomic mass is 10.0. The first-order valence-electron chi connectivity index (χ1n) is 36.0. The Morgan fingerprint density at radius 2 is 0.981 bits per heavy atom. The van der Waals surface area contributed by atoms with E-state index in [1.165, 1.54) is 21.6 Å². The van der Waals surface area contributed by atoms with Crippen molar-refractivity contribution in [1.29, 1.82) is 5.41 Å². The smallest absolute Gasteiger partial charge is 0.326 e. The van der Waals surface area contributed by atoms with E-state index in [0.29, 0.717) is 49.1 Å². The zero-order valence-electron chi connectivity index (χ0n) is 60.5. The fourth-order valence-corrected chi connectivity index (χ4v) is 13.0. The number of guanidine groups is 1. The van der Waals surface area contributed by atoms with E-state index in [1.807, 2.05) is 0 Å². The van der Waals surface area contributed by atoms with Crippen LogP contribution in [0.25, 0.3) is 0 Å². The molecule has 14 amide bonds. The lowest BCUT2D eigenvalue weighted by Crippen LogP contribution is -2.60. The second kappa shape index (κ2) is 45.4. The van der Waals surface area contributed by atoms with E-state index >= 15 is 0 Å². The predicted octanol–water partition coefficient (Wildman–Crippen LogP) is -3.88. The molecule has 106 heavy (non-hydrogen) atoms. The van der Waals surface area contributed by atoms with Gasteiger partial charge in [-0.15, -0.1) is 0 Å². The molecule has 3 aliphatic rings. The maximum absolute atomic E-state index is 14.8. The van der Waals surface area contributed by atoms with Crippen LogP contribution in [0, 0.1) is 11.3 Å². The van der Waals surface area contributed by atoms with E-state index in [-0.39, 0.29) is 108 Å². The average molecular weight is 1500 g/mol. The zero-order valence-corrected chi connectivity index (χ0v) is 61.3. The summed E-state index contributed by atoms with van der Waals surface area (Å²) < 4.78 is 0. The maximum Gasteiger partial charge on any atom is 0.326 e. The molecule has 0 saturated carbocycles. The van der Waals surface area contributed by atoms with Crippen LogP contribution in [-0.2, 0) is 84.8 Å². The number of nitrogens with one attached hydrogen (secondary N) is 13. The molecule has 0 spiro atoms. The second-order valence-corrected chi connectivity index (χ2v) is 28.0. The summed E-state index contributed by atoms with van der Waals surface area (Å²) in [6, 6.07) is 2.90. The van der Waals surface area contributed by atoms with Crippen molar-refractivity contribution in [3.63, 3.8) is 0 Å². The Balaban J connectivity index is 1.34. The Morgan fingerprint density at radius 1 is 0.519 bits per heavy atom. The van der Waals surface area contributed by atoms with Crippen molar-refractivity contribution in [2.24, 2.45) is 28.9 Å². The van der Waals surface area contributed by atoms with Gasteiger partial charge in [0.2, 0.25) is 82.7 Å². The molecule has 0 aromatic heterocycles. The molecule has 0 radical (unpaired) electrons. The summed E-state index contributed by atoms with van der Waals surface area (Å²) in [6.45, 7) is 3.67. The van der Waals surface area contributed by atoms with Crippen LogP contribution in [0.2, 0.25) is 0 Å². The standard InChI is InChI=1S/C70H107N19O16S/c1-41(2)36-50(63(98)85-49(69(104)105)29-35-106-3)81-58(93)40-79-60(95)51(37-42-16-6-4-7-17-42)86-64(99)52(38-43-18-8-5-9-19-43)87-62(97)45(25-27-55(72)90)82-61(96)46(26-28-56(73)91)83-65(100)53-23-14-34-89(53)68(103)48(20-10-11-30-71)84-66(101)54-24-15-33-88(54)67(102)47(22-13-32-77-70(74)75)80-57(92)39-78-59(94)44-21-12-31-76-44/h4-9,16-19,41,44-54,76H,10-15,20-40,71H2,1-3H3,(H2,72,90)(H2,73,91)(H,78,94)(H,79,95)(H,80,92)(H,81,93)(H,82,96)(H,83,100)(H,84,101)(H,85,98)(H,86,99)(H,87,97)(H,104,105)(H4,74,75,77)/t44-,45-,46-,47-,48-,49-,50-,51-,52-,53-,54-/m0/s1. The number of unbranched alkanes of at least 4 members (excludes halogenated alkanes) is 1. The normalized spacial score (nSPS) is 17.6. The highest BCUT2D eigenvalue weighted by molar-refractivity contribution is 7.98. The van der Waals surface area contributed by atoms with Crippen molar-refractivity contribution in [2.75, 3.05) is 57.8 Å². The largest absolute Gasteiger partial charge is 0.480 e. The minimum absolute atomic E-state index is 0.0179. The molecule has 35 nitrogen and oxygen atoms in total. The molecule has 11 atom stereocenters. The summed E-state index contributed by atoms with van der Waals surface area (Å²) >= 11 is 1.39. The monoisotopic (exact) mass is 1500 g/mol. The van der Waals surface area contributed by atoms with Gasteiger partial charge >= 0.3 is 5.97 Å². The topological polar surface area (TPSA) is 555 Å². The van der Waals surface area contributed by atoms with Gasteiger partial charge in [-0.3, -0.25) is 72.5 Å². The van der Waals surface area contributed by atoms with Gasteiger partial charge in [0.25, 0.3) is 0 Å². The molecular weight excluding hydrogens is 1390 g/mol. The molecule has 3 heterocycles. The number of likely N-dealkylation sites (tertiary alicyclic amines) is 2. The molecule has 3 aliphatic heterocycles. The molecular formula is C70H107N19O16S. The maximum atomic E-state index is 14.8. The first kappa shape index (κ1) is 86.7. The van der Waals surface area contributed by atoms with Gasteiger partial charge in [-0.25, -0.2) is 4.79 Å². The lowest BCUT2D eigenvalue weighted by molar-refractivity contribution is -0.144. The number of hydrogen-bond acceptors (Lipinski definition) is 19. The molecule has 2 aromatic carbocycles. The molecule has 3 fully saturated rings. The number of carbonyl (C=O) groups excluding carboxylic acids is 14. The zero-order chi connectivity index (χ0) is 77.8. The lowest BCUT2D eigenvalue weighted by Gasteiger charge is -2.32. The quantitative estimate of drug-likeness (QED) is 0.0171. The Labute approximate surface area is 620 Å². The third-order valence-corrected chi connectivity index (χ3v) is 18.8. The third-order valence-electron chi connectivity index (χ3n) is 18.1. The molecule has 5 rings (SSSR count). The Kier molecular flexibility index (Phi) is 37.1. The van der Waals surface area contributed by atoms with Crippen LogP contribution in [0.5, 0.6) is 0 Å². The van der Waals surface area contributed by atoms with Crippen LogP contribution >= 0.6 is 11.8 Å². The van der Waals surface area contributed by atoms with E-state index < -0.39 is 188 Å². The minimum atomic E-state index is -1.68. The van der Waals surface area contributed by atoms with Gasteiger partial charge in [-0.2, -0.15) is 11.8 Å². The van der Waals surface area contributed by atoms with Crippen molar-refractivity contribution >= 4 is 106 Å². The van der Waals surface area contributed by atoms with Gasteiger partial charge in [-0.05, 0) is 138 Å². The summed E-state index contributed by atoms with van der Waals surface area (Å²) in [5.41, 5.74) is 23.5. The highest BCUT2D eigenvalue weighted by Crippen LogP contribution is 2.24. The molecule has 2 aromatic rings. The van der Waals surface area contributed by atoms with E-state index in [9.17, 15) is 77.0 Å². The molecule has 0 unspecified atom stereocenters. The molecule has 36 heteroatoms. The molecule has 3 saturated heterocycles. The minimum Gasteiger partial charge on any atom is -0.480 e. The second-order valence-electron chi connectivity index (χ2n) is 27.0. The number of amides is 14. The number of benzene rings is 2. The summed E-state index contributed by atoms with van der Waals surface area (Å²) in [5.74, 6) is -12.3. The van der Waals surface area contributed by atoms with Crippen LogP contribution in [0.3, 0.4) is 0 Å². The Morgan fingerprint density at radius 3 is 1.47 bits per heavy atom. The fourth-order valence-electron chi connectivity index (χ4n) is 12.6. The van der Waals surface area contributed by atoms with Gasteiger partial charge in [0.05, 0.1) is 19.1 Å². The van der Waals surface area contributed by atoms with Gasteiger partial charge in [0.15, 0.2) is 5.96 Å². The number of primary amides is 2. The SMILES string of the molecule is CSCC[C@H](NC(=O)[C@H](CC(C)C)NC(=O)CNC(=O)[C@H](Cc1ccccc1)NC(=O)[C@H](Cc1ccccc1)NC(=O)[C@H](CCC(N)=O)NC(=O)[C@H](CCC(N)=O)NC(=O)[C@@H]1CCCN1C(=O)[C@H](CCCCN)NC(=O)[C@@H]1CCCN1C(=O)[C@H](CCCNC(=N)N)NC(=O)CNC(=O)[C@@H]1CCCN1)C(=O)O. The van der Waals surface area contributed by atoms with E-state index in [0.717, 1.165) is 6.42 Å². The number of thioether (sulfide) groups is 1. The van der Waals surface area contributed by atoms with Crippen LogP contribution < -0.4 is 86.7 Å². The number of nitrogens with zero attached hydrogens (tertiary/aromatic N) is 2. The summed E-state index contributed by atoms with van der Waals surface area (Å²) in [5, 5.41) is 49.2. The van der Waals surface area contributed by atoms with Gasteiger partial charge < -0.3 is 102 Å². The molecule has 584 valence electrons. The number of carboxylic acids is 1. The van der Waals surface area contributed by atoms with Crippen molar-refractivity contribution in [1.82, 2.24) is 73.6 Å². The van der Waals surface area contributed by atoms with Crippen LogP contribution in [0.4, 0.5) is 0 Å². The predicted molar refractivity (Wildman–Crippen MR) is 391 cm³/mol. The summed E-state index contributed by atoms with van der Waals surface area (Å²) in [7, 11) is 0. The number of carbonyl (C=O) groups is 15. The first-order chi connectivity index (χ1) is 50.6. The highest BCUT2D eigenvalue weighted by atomic mass is 32.2. The van der Waals surface area contributed by atoms with Crippen molar-refractivity contribution in [2.45, 2.75) is 202 Å². The molecule has 0 aliphatic carbocycles. The number of aliphatic carboxylic acids is 1. The van der Waals surface area contributed by atoms with Gasteiger partial charge in [-0.1, -0.05) is 74.5 Å². The average Bonchev–Trinajstić information content (AvgIpc) is 1.64. The first-order valence-corrected chi connectivity index (χ1v) is 37.4. The Bertz CT molecular complexity index is 3350. The van der Waals surface area contributed by atoms with E-state index in [1.54, 1.807) is 80.8 Å².